The Labute approximate surface area is 107 Å². The van der Waals surface area contributed by atoms with Crippen molar-refractivity contribution in [2.24, 2.45) is 5.41 Å². The van der Waals surface area contributed by atoms with Gasteiger partial charge in [-0.2, -0.15) is 5.26 Å². The van der Waals surface area contributed by atoms with E-state index in [9.17, 15) is 4.79 Å². The van der Waals surface area contributed by atoms with Crippen LogP contribution in [0.5, 0.6) is 5.75 Å². The lowest BCUT2D eigenvalue weighted by Crippen LogP contribution is -2.32. The second kappa shape index (κ2) is 5.09. The molecule has 0 aliphatic heterocycles. The SMILES string of the molecule is COc1ccc(CCNC(=O)C2(C#N)CC2)cc1. The quantitative estimate of drug-likeness (QED) is 0.856. The van der Waals surface area contributed by atoms with Crippen molar-refractivity contribution in [3.8, 4) is 11.8 Å². The van der Waals surface area contributed by atoms with Crippen LogP contribution < -0.4 is 10.1 Å². The molecule has 1 aromatic carbocycles. The topological polar surface area (TPSA) is 62.1 Å². The Morgan fingerprint density at radius 3 is 2.61 bits per heavy atom. The van der Waals surface area contributed by atoms with Crippen molar-refractivity contribution >= 4 is 5.91 Å². The van der Waals surface area contributed by atoms with Crippen molar-refractivity contribution in [1.82, 2.24) is 5.32 Å². The standard InChI is InChI=1S/C14H16N2O2/c1-18-12-4-2-11(3-5-12)6-9-16-13(17)14(10-15)7-8-14/h2-5H,6-9H2,1H3,(H,16,17). The van der Waals surface area contributed by atoms with E-state index in [1.165, 1.54) is 0 Å². The lowest BCUT2D eigenvalue weighted by Gasteiger charge is -2.08. The van der Waals surface area contributed by atoms with E-state index in [-0.39, 0.29) is 5.91 Å². The van der Waals surface area contributed by atoms with Crippen LogP contribution in [0.15, 0.2) is 24.3 Å². The summed E-state index contributed by atoms with van der Waals surface area (Å²) in [5.74, 6) is 0.697. The summed E-state index contributed by atoms with van der Waals surface area (Å²) in [6, 6.07) is 9.83. The van der Waals surface area contributed by atoms with Gasteiger partial charge in [-0.15, -0.1) is 0 Å². The van der Waals surface area contributed by atoms with Gasteiger partial charge in [0.25, 0.3) is 0 Å². The first kappa shape index (κ1) is 12.4. The molecule has 0 heterocycles. The molecule has 0 radical (unpaired) electrons. The molecular formula is C14H16N2O2. The van der Waals surface area contributed by atoms with Gasteiger partial charge >= 0.3 is 0 Å². The highest BCUT2D eigenvalue weighted by atomic mass is 16.5. The van der Waals surface area contributed by atoms with Crippen LogP contribution in [0.25, 0.3) is 0 Å². The van der Waals surface area contributed by atoms with E-state index in [1.807, 2.05) is 24.3 Å². The molecule has 0 unspecified atom stereocenters. The summed E-state index contributed by atoms with van der Waals surface area (Å²) in [7, 11) is 1.63. The molecule has 1 aromatic rings. The fraction of sp³-hybridized carbons (Fsp3) is 0.429. The fourth-order valence-electron chi connectivity index (χ4n) is 1.80. The Hall–Kier alpha value is -2.02. The van der Waals surface area contributed by atoms with E-state index in [0.29, 0.717) is 19.4 Å². The third-order valence-corrected chi connectivity index (χ3v) is 3.26. The third-order valence-electron chi connectivity index (χ3n) is 3.26. The Bertz CT molecular complexity index is 470. The molecule has 1 saturated carbocycles. The Balaban J connectivity index is 1.78. The van der Waals surface area contributed by atoms with Crippen LogP contribution in [0.3, 0.4) is 0 Å². The van der Waals surface area contributed by atoms with Crippen LogP contribution in [0.1, 0.15) is 18.4 Å². The number of nitriles is 1. The summed E-state index contributed by atoms with van der Waals surface area (Å²) in [4.78, 5) is 11.7. The minimum absolute atomic E-state index is 0.126. The van der Waals surface area contributed by atoms with Gasteiger partial charge in [0.2, 0.25) is 5.91 Å². The van der Waals surface area contributed by atoms with Crippen LogP contribution in [-0.4, -0.2) is 19.6 Å². The van der Waals surface area contributed by atoms with Gasteiger partial charge in [0.15, 0.2) is 0 Å². The molecule has 94 valence electrons. The van der Waals surface area contributed by atoms with E-state index in [1.54, 1.807) is 7.11 Å². The van der Waals surface area contributed by atoms with E-state index < -0.39 is 5.41 Å². The van der Waals surface area contributed by atoms with Gasteiger partial charge in [0.05, 0.1) is 13.2 Å². The number of nitrogens with zero attached hydrogens (tertiary/aromatic N) is 1. The summed E-state index contributed by atoms with van der Waals surface area (Å²) in [5.41, 5.74) is 0.415. The van der Waals surface area contributed by atoms with Crippen LogP contribution >= 0.6 is 0 Å². The van der Waals surface area contributed by atoms with Crippen molar-refractivity contribution in [3.63, 3.8) is 0 Å². The molecule has 0 spiro atoms. The van der Waals surface area contributed by atoms with E-state index in [2.05, 4.69) is 11.4 Å². The van der Waals surface area contributed by atoms with E-state index in [0.717, 1.165) is 17.7 Å². The number of hydrogen-bond donors (Lipinski definition) is 1. The molecule has 1 aliphatic rings. The van der Waals surface area contributed by atoms with Gasteiger partial charge in [-0.3, -0.25) is 4.79 Å². The molecule has 4 nitrogen and oxygen atoms in total. The van der Waals surface area contributed by atoms with Gasteiger partial charge < -0.3 is 10.1 Å². The average Bonchev–Trinajstić information content (AvgIpc) is 3.20. The summed E-state index contributed by atoms with van der Waals surface area (Å²) >= 11 is 0. The van der Waals surface area contributed by atoms with Crippen LogP contribution in [0.2, 0.25) is 0 Å². The molecule has 2 rings (SSSR count). The smallest absolute Gasteiger partial charge is 0.240 e. The van der Waals surface area contributed by atoms with Crippen molar-refractivity contribution in [1.29, 1.82) is 5.26 Å². The Morgan fingerprint density at radius 2 is 2.11 bits per heavy atom. The van der Waals surface area contributed by atoms with Gasteiger partial charge in [-0.25, -0.2) is 0 Å². The van der Waals surface area contributed by atoms with Crippen LogP contribution in [-0.2, 0) is 11.2 Å². The first-order chi connectivity index (χ1) is 8.70. The number of amides is 1. The number of nitrogens with one attached hydrogen (secondary N) is 1. The summed E-state index contributed by atoms with van der Waals surface area (Å²) in [6.45, 7) is 0.564. The molecule has 18 heavy (non-hydrogen) atoms. The first-order valence-electron chi connectivity index (χ1n) is 6.03. The third kappa shape index (κ3) is 2.62. The second-order valence-electron chi connectivity index (χ2n) is 4.55. The minimum Gasteiger partial charge on any atom is -0.497 e. The zero-order valence-corrected chi connectivity index (χ0v) is 10.4. The number of ether oxygens (including phenoxy) is 1. The van der Waals surface area contributed by atoms with Gasteiger partial charge in [0.1, 0.15) is 11.2 Å². The first-order valence-corrected chi connectivity index (χ1v) is 6.03. The van der Waals surface area contributed by atoms with Crippen molar-refractivity contribution in [2.75, 3.05) is 13.7 Å². The highest BCUT2D eigenvalue weighted by Gasteiger charge is 2.50. The lowest BCUT2D eigenvalue weighted by atomic mass is 10.1. The molecular weight excluding hydrogens is 228 g/mol. The highest BCUT2D eigenvalue weighted by Crippen LogP contribution is 2.44. The number of methoxy groups -OCH3 is 1. The minimum atomic E-state index is -0.722. The van der Waals surface area contributed by atoms with Crippen molar-refractivity contribution < 1.29 is 9.53 Å². The Morgan fingerprint density at radius 1 is 1.44 bits per heavy atom. The average molecular weight is 244 g/mol. The predicted molar refractivity (Wildman–Crippen MR) is 67.0 cm³/mol. The fourth-order valence-corrected chi connectivity index (χ4v) is 1.80. The maximum Gasteiger partial charge on any atom is 0.240 e. The summed E-state index contributed by atoms with van der Waals surface area (Å²) in [5, 5.41) is 11.7. The van der Waals surface area contributed by atoms with Gasteiger partial charge in [0, 0.05) is 6.54 Å². The monoisotopic (exact) mass is 244 g/mol. The highest BCUT2D eigenvalue weighted by molar-refractivity contribution is 5.88. The van der Waals surface area contributed by atoms with E-state index in [4.69, 9.17) is 10.00 Å². The van der Waals surface area contributed by atoms with Gasteiger partial charge in [-0.1, -0.05) is 12.1 Å². The van der Waals surface area contributed by atoms with Crippen molar-refractivity contribution in [3.05, 3.63) is 29.8 Å². The number of carbonyl (C=O) groups is 1. The van der Waals surface area contributed by atoms with E-state index >= 15 is 0 Å². The largest absolute Gasteiger partial charge is 0.497 e. The summed E-state index contributed by atoms with van der Waals surface area (Å²) < 4.78 is 5.07. The summed E-state index contributed by atoms with van der Waals surface area (Å²) in [6.07, 6.45) is 2.15. The molecule has 1 amide bonds. The molecule has 1 N–H and O–H groups in total. The number of rotatable bonds is 5. The zero-order valence-electron chi connectivity index (χ0n) is 10.4. The maximum absolute atomic E-state index is 11.7. The zero-order chi connectivity index (χ0) is 13.0. The molecule has 0 bridgehead atoms. The number of carbonyl (C=O) groups excluding carboxylic acids is 1. The molecule has 1 aliphatic carbocycles. The van der Waals surface area contributed by atoms with Crippen LogP contribution in [0.4, 0.5) is 0 Å². The number of hydrogen-bond acceptors (Lipinski definition) is 3. The maximum atomic E-state index is 11.7. The number of benzene rings is 1. The molecule has 0 aromatic heterocycles. The second-order valence-corrected chi connectivity index (χ2v) is 4.55. The normalized spacial score (nSPS) is 15.6. The Kier molecular flexibility index (Phi) is 3.52. The molecule has 0 saturated heterocycles. The predicted octanol–water partition coefficient (Wildman–Crippen LogP) is 1.66. The van der Waals surface area contributed by atoms with Crippen molar-refractivity contribution in [2.45, 2.75) is 19.3 Å². The molecule has 4 heteroatoms. The van der Waals surface area contributed by atoms with Gasteiger partial charge in [-0.05, 0) is 37.0 Å². The lowest BCUT2D eigenvalue weighted by molar-refractivity contribution is -0.124. The molecule has 0 atom stereocenters. The molecule has 1 fully saturated rings. The van der Waals surface area contributed by atoms with Crippen LogP contribution in [0, 0.1) is 16.7 Å².